The first-order valence-electron chi connectivity index (χ1n) is 6.15. The highest BCUT2D eigenvalue weighted by Gasteiger charge is 2.44. The van der Waals surface area contributed by atoms with Gasteiger partial charge in [-0.05, 0) is 52.0 Å². The van der Waals surface area contributed by atoms with E-state index >= 15 is 0 Å². The molecule has 0 aliphatic heterocycles. The SMILES string of the molecule is CC(C)(C)OC(=O)[C@](C)(Nc1ccc(N)cc1)C(=O)O. The number of carbonyl (C=O) groups is 2. The summed E-state index contributed by atoms with van der Waals surface area (Å²) in [6, 6.07) is 6.42. The Morgan fingerprint density at radius 3 is 2.05 bits per heavy atom. The van der Waals surface area contributed by atoms with E-state index in [2.05, 4.69) is 5.32 Å². The molecule has 4 N–H and O–H groups in total. The number of nitrogen functional groups attached to an aromatic ring is 1. The molecular formula is C14H20N2O4. The molecule has 0 saturated carbocycles. The molecule has 1 atom stereocenters. The average molecular weight is 280 g/mol. The summed E-state index contributed by atoms with van der Waals surface area (Å²) < 4.78 is 5.15. The molecule has 20 heavy (non-hydrogen) atoms. The summed E-state index contributed by atoms with van der Waals surface area (Å²) in [6.07, 6.45) is 0. The van der Waals surface area contributed by atoms with Crippen molar-refractivity contribution < 1.29 is 19.4 Å². The molecule has 1 rings (SSSR count). The monoisotopic (exact) mass is 280 g/mol. The number of anilines is 2. The Labute approximate surface area is 117 Å². The fourth-order valence-corrected chi connectivity index (χ4v) is 1.43. The quantitative estimate of drug-likeness (QED) is 0.442. The zero-order valence-corrected chi connectivity index (χ0v) is 12.1. The van der Waals surface area contributed by atoms with Crippen LogP contribution >= 0.6 is 0 Å². The summed E-state index contributed by atoms with van der Waals surface area (Å²) >= 11 is 0. The van der Waals surface area contributed by atoms with E-state index in [1.807, 2.05) is 0 Å². The van der Waals surface area contributed by atoms with Crippen molar-refractivity contribution in [2.24, 2.45) is 0 Å². The largest absolute Gasteiger partial charge is 0.479 e. The molecule has 0 spiro atoms. The predicted molar refractivity (Wildman–Crippen MR) is 76.4 cm³/mol. The number of hydrogen-bond donors (Lipinski definition) is 3. The van der Waals surface area contributed by atoms with Crippen LogP contribution in [-0.2, 0) is 14.3 Å². The summed E-state index contributed by atoms with van der Waals surface area (Å²) in [7, 11) is 0. The fourth-order valence-electron chi connectivity index (χ4n) is 1.43. The van der Waals surface area contributed by atoms with Gasteiger partial charge in [-0.1, -0.05) is 0 Å². The molecule has 0 saturated heterocycles. The fraction of sp³-hybridized carbons (Fsp3) is 0.429. The molecule has 0 radical (unpaired) electrons. The average Bonchev–Trinajstić information content (AvgIpc) is 2.29. The van der Waals surface area contributed by atoms with Crippen LogP contribution in [0, 0.1) is 0 Å². The topological polar surface area (TPSA) is 102 Å². The van der Waals surface area contributed by atoms with Crippen LogP contribution in [0.2, 0.25) is 0 Å². The van der Waals surface area contributed by atoms with Gasteiger partial charge in [0.25, 0.3) is 0 Å². The minimum Gasteiger partial charge on any atom is -0.479 e. The highest BCUT2D eigenvalue weighted by atomic mass is 16.6. The molecule has 0 fully saturated rings. The van der Waals surface area contributed by atoms with Gasteiger partial charge in [0.15, 0.2) is 0 Å². The molecule has 0 bridgehead atoms. The minimum atomic E-state index is -1.87. The van der Waals surface area contributed by atoms with E-state index in [4.69, 9.17) is 10.5 Å². The Morgan fingerprint density at radius 1 is 1.15 bits per heavy atom. The molecular weight excluding hydrogens is 260 g/mol. The number of rotatable bonds is 4. The second-order valence-electron chi connectivity index (χ2n) is 5.68. The van der Waals surface area contributed by atoms with E-state index in [0.29, 0.717) is 11.4 Å². The molecule has 1 aromatic rings. The minimum absolute atomic E-state index is 0.468. The normalized spacial score (nSPS) is 14.2. The molecule has 0 aliphatic carbocycles. The van der Waals surface area contributed by atoms with Gasteiger partial charge in [0.05, 0.1) is 0 Å². The first-order chi connectivity index (χ1) is 9.04. The van der Waals surface area contributed by atoms with Crippen molar-refractivity contribution in [1.29, 1.82) is 0 Å². The number of ether oxygens (including phenoxy) is 1. The number of carbonyl (C=O) groups excluding carboxylic acids is 1. The lowest BCUT2D eigenvalue weighted by Gasteiger charge is -2.29. The predicted octanol–water partition coefficient (Wildman–Crippen LogP) is 1.87. The van der Waals surface area contributed by atoms with E-state index in [9.17, 15) is 14.7 Å². The molecule has 0 aliphatic rings. The van der Waals surface area contributed by atoms with Gasteiger partial charge in [0, 0.05) is 11.4 Å². The maximum absolute atomic E-state index is 12.1. The zero-order valence-electron chi connectivity index (χ0n) is 12.1. The first-order valence-corrected chi connectivity index (χ1v) is 6.15. The number of hydrogen-bond acceptors (Lipinski definition) is 5. The summed E-state index contributed by atoms with van der Waals surface area (Å²) in [5.74, 6) is -2.17. The molecule has 6 heteroatoms. The smallest absolute Gasteiger partial charge is 0.343 e. The van der Waals surface area contributed by atoms with E-state index in [-0.39, 0.29) is 0 Å². The van der Waals surface area contributed by atoms with Gasteiger partial charge >= 0.3 is 11.9 Å². The van der Waals surface area contributed by atoms with Gasteiger partial charge in [-0.2, -0.15) is 0 Å². The van der Waals surface area contributed by atoms with Crippen LogP contribution in [0.4, 0.5) is 11.4 Å². The number of esters is 1. The van der Waals surface area contributed by atoms with Crippen molar-refractivity contribution in [1.82, 2.24) is 0 Å². The number of aliphatic carboxylic acids is 1. The standard InChI is InChI=1S/C14H20N2O4/c1-13(2,3)20-12(19)14(4,11(17)18)16-10-7-5-9(15)6-8-10/h5-8,16H,15H2,1-4H3,(H,17,18)/t14-/m1/s1. The Hall–Kier alpha value is -2.24. The molecule has 0 aromatic heterocycles. The summed E-state index contributed by atoms with van der Waals surface area (Å²) in [4.78, 5) is 23.5. The third kappa shape index (κ3) is 3.88. The summed E-state index contributed by atoms with van der Waals surface area (Å²) in [5, 5.41) is 12.0. The van der Waals surface area contributed by atoms with Crippen molar-refractivity contribution in [3.63, 3.8) is 0 Å². The first kappa shape index (κ1) is 15.8. The van der Waals surface area contributed by atoms with Crippen LogP contribution in [0.1, 0.15) is 27.7 Å². The van der Waals surface area contributed by atoms with Crippen molar-refractivity contribution >= 4 is 23.3 Å². The molecule has 0 amide bonds. The van der Waals surface area contributed by atoms with Crippen molar-refractivity contribution in [2.75, 3.05) is 11.1 Å². The van der Waals surface area contributed by atoms with Gasteiger partial charge in [0.1, 0.15) is 5.60 Å². The zero-order chi connectivity index (χ0) is 15.6. The maximum Gasteiger partial charge on any atom is 0.343 e. The lowest BCUT2D eigenvalue weighted by molar-refractivity contribution is -0.166. The number of nitrogens with two attached hydrogens (primary N) is 1. The highest BCUT2D eigenvalue weighted by molar-refractivity contribution is 6.06. The lowest BCUT2D eigenvalue weighted by atomic mass is 10.0. The van der Waals surface area contributed by atoms with Gasteiger partial charge < -0.3 is 20.9 Å². The Bertz CT molecular complexity index is 505. The van der Waals surface area contributed by atoms with Gasteiger partial charge in [0.2, 0.25) is 5.54 Å². The number of carboxylic acids is 1. The summed E-state index contributed by atoms with van der Waals surface area (Å²) in [5.41, 5.74) is 3.93. The second-order valence-corrected chi connectivity index (χ2v) is 5.68. The van der Waals surface area contributed by atoms with E-state index in [0.717, 1.165) is 0 Å². The van der Waals surface area contributed by atoms with Crippen molar-refractivity contribution in [2.45, 2.75) is 38.8 Å². The van der Waals surface area contributed by atoms with Crippen molar-refractivity contribution in [3.8, 4) is 0 Å². The van der Waals surface area contributed by atoms with Gasteiger partial charge in [-0.3, -0.25) is 0 Å². The van der Waals surface area contributed by atoms with Crippen LogP contribution in [-0.4, -0.2) is 28.2 Å². The highest BCUT2D eigenvalue weighted by Crippen LogP contribution is 2.21. The molecule has 6 nitrogen and oxygen atoms in total. The second kappa shape index (κ2) is 5.40. The molecule has 1 aromatic carbocycles. The van der Waals surface area contributed by atoms with Crippen LogP contribution in [0.25, 0.3) is 0 Å². The van der Waals surface area contributed by atoms with E-state index in [1.165, 1.54) is 6.92 Å². The van der Waals surface area contributed by atoms with Crippen LogP contribution in [0.3, 0.4) is 0 Å². The van der Waals surface area contributed by atoms with Crippen LogP contribution < -0.4 is 11.1 Å². The molecule has 110 valence electrons. The van der Waals surface area contributed by atoms with E-state index < -0.39 is 23.1 Å². The Morgan fingerprint density at radius 2 is 1.65 bits per heavy atom. The number of benzene rings is 1. The van der Waals surface area contributed by atoms with Crippen LogP contribution in [0.5, 0.6) is 0 Å². The van der Waals surface area contributed by atoms with Gasteiger partial charge in [-0.25, -0.2) is 9.59 Å². The maximum atomic E-state index is 12.1. The number of nitrogens with one attached hydrogen (secondary N) is 1. The Balaban J connectivity index is 3.00. The third-order valence-electron chi connectivity index (χ3n) is 2.54. The third-order valence-corrected chi connectivity index (χ3v) is 2.54. The molecule has 0 heterocycles. The summed E-state index contributed by atoms with van der Waals surface area (Å²) in [6.45, 7) is 6.29. The molecule has 0 unspecified atom stereocenters. The van der Waals surface area contributed by atoms with Crippen LogP contribution in [0.15, 0.2) is 24.3 Å². The van der Waals surface area contributed by atoms with E-state index in [1.54, 1.807) is 45.0 Å². The Kier molecular flexibility index (Phi) is 4.27. The van der Waals surface area contributed by atoms with Gasteiger partial charge in [-0.15, -0.1) is 0 Å². The number of carboxylic acid groups (broad SMARTS) is 1. The van der Waals surface area contributed by atoms with Crippen molar-refractivity contribution in [3.05, 3.63) is 24.3 Å². The lowest BCUT2D eigenvalue weighted by Crippen LogP contribution is -2.53.